The lowest BCUT2D eigenvalue weighted by Crippen LogP contribution is -2.52. The second-order valence-corrected chi connectivity index (χ2v) is 7.98. The Labute approximate surface area is 124 Å². The van der Waals surface area contributed by atoms with Crippen molar-refractivity contribution in [2.24, 2.45) is 0 Å². The molecule has 2 fully saturated rings. The van der Waals surface area contributed by atoms with E-state index in [1.807, 2.05) is 0 Å². The van der Waals surface area contributed by atoms with Crippen LogP contribution in [0.25, 0.3) is 0 Å². The molecule has 1 atom stereocenters. The number of carboxylic acid groups (broad SMARTS) is 1. The standard InChI is InChI=1S/C13H22N2O5S/c16-12(3-6-14-4-1-2-5-14)15-7-8-21(19,20)10-11(15)9-13(17)18/h11H,1-10H2,(H,17,18). The van der Waals surface area contributed by atoms with Gasteiger partial charge in [0.25, 0.3) is 0 Å². The van der Waals surface area contributed by atoms with E-state index in [2.05, 4.69) is 4.90 Å². The zero-order chi connectivity index (χ0) is 15.5. The molecule has 120 valence electrons. The van der Waals surface area contributed by atoms with Gasteiger partial charge in [0, 0.05) is 19.5 Å². The molecule has 1 N–H and O–H groups in total. The van der Waals surface area contributed by atoms with E-state index in [1.54, 1.807) is 0 Å². The first kappa shape index (κ1) is 16.2. The average Bonchev–Trinajstić information content (AvgIpc) is 2.87. The lowest BCUT2D eigenvalue weighted by molar-refractivity contribution is -0.140. The first-order valence-electron chi connectivity index (χ1n) is 7.31. The highest BCUT2D eigenvalue weighted by molar-refractivity contribution is 7.91. The van der Waals surface area contributed by atoms with Gasteiger partial charge in [0.05, 0.1) is 24.0 Å². The SMILES string of the molecule is O=C(O)CC1CS(=O)(=O)CCN1C(=O)CCN1CCCC1. The van der Waals surface area contributed by atoms with Crippen LogP contribution in [-0.4, -0.2) is 78.9 Å². The maximum absolute atomic E-state index is 12.3. The Kier molecular flexibility index (Phi) is 5.21. The van der Waals surface area contributed by atoms with Crippen molar-refractivity contribution in [1.29, 1.82) is 0 Å². The summed E-state index contributed by atoms with van der Waals surface area (Å²) in [5.74, 6) is -1.52. The highest BCUT2D eigenvalue weighted by Gasteiger charge is 2.35. The van der Waals surface area contributed by atoms with E-state index < -0.39 is 21.8 Å². The van der Waals surface area contributed by atoms with Crippen LogP contribution in [0.1, 0.15) is 25.7 Å². The largest absolute Gasteiger partial charge is 0.481 e. The Morgan fingerprint density at radius 1 is 1.14 bits per heavy atom. The Morgan fingerprint density at radius 2 is 1.81 bits per heavy atom. The van der Waals surface area contributed by atoms with Gasteiger partial charge in [0.15, 0.2) is 9.84 Å². The predicted octanol–water partition coefficient (Wildman–Crippen LogP) is -0.427. The van der Waals surface area contributed by atoms with Crippen LogP contribution in [0.3, 0.4) is 0 Å². The van der Waals surface area contributed by atoms with Gasteiger partial charge in [-0.1, -0.05) is 0 Å². The van der Waals surface area contributed by atoms with Crippen LogP contribution in [0, 0.1) is 0 Å². The highest BCUT2D eigenvalue weighted by atomic mass is 32.2. The van der Waals surface area contributed by atoms with Crippen molar-refractivity contribution in [2.45, 2.75) is 31.7 Å². The topological polar surface area (TPSA) is 95.0 Å². The van der Waals surface area contributed by atoms with Crippen molar-refractivity contribution in [3.8, 4) is 0 Å². The molecule has 0 aliphatic carbocycles. The lowest BCUT2D eigenvalue weighted by atomic mass is 10.1. The summed E-state index contributed by atoms with van der Waals surface area (Å²) in [6.45, 7) is 2.78. The van der Waals surface area contributed by atoms with Crippen LogP contribution in [-0.2, 0) is 19.4 Å². The normalized spacial score (nSPS) is 25.9. The number of aliphatic carboxylic acids is 1. The molecule has 2 rings (SSSR count). The number of rotatable bonds is 5. The monoisotopic (exact) mass is 318 g/mol. The molecule has 0 aromatic heterocycles. The fraction of sp³-hybridized carbons (Fsp3) is 0.846. The van der Waals surface area contributed by atoms with Crippen molar-refractivity contribution in [3.05, 3.63) is 0 Å². The fourth-order valence-corrected chi connectivity index (χ4v) is 4.51. The lowest BCUT2D eigenvalue weighted by Gasteiger charge is -2.35. The average molecular weight is 318 g/mol. The quantitative estimate of drug-likeness (QED) is 0.739. The smallest absolute Gasteiger partial charge is 0.305 e. The number of likely N-dealkylation sites (tertiary alicyclic amines) is 1. The summed E-state index contributed by atoms with van der Waals surface area (Å²) in [4.78, 5) is 26.8. The van der Waals surface area contributed by atoms with Gasteiger partial charge < -0.3 is 14.9 Å². The Bertz CT molecular complexity index is 499. The van der Waals surface area contributed by atoms with E-state index in [1.165, 1.54) is 4.90 Å². The Morgan fingerprint density at radius 3 is 2.43 bits per heavy atom. The molecule has 2 aliphatic heterocycles. The minimum absolute atomic E-state index is 0.0709. The van der Waals surface area contributed by atoms with Crippen LogP contribution < -0.4 is 0 Å². The first-order valence-corrected chi connectivity index (χ1v) is 9.13. The summed E-state index contributed by atoms with van der Waals surface area (Å²) in [6, 6.07) is -0.729. The van der Waals surface area contributed by atoms with E-state index in [0.29, 0.717) is 13.0 Å². The molecule has 2 saturated heterocycles. The van der Waals surface area contributed by atoms with E-state index in [4.69, 9.17) is 5.11 Å². The number of carbonyl (C=O) groups is 2. The number of hydrogen-bond acceptors (Lipinski definition) is 5. The van der Waals surface area contributed by atoms with Gasteiger partial charge in [-0.05, 0) is 25.9 Å². The van der Waals surface area contributed by atoms with Gasteiger partial charge in [-0.15, -0.1) is 0 Å². The molecule has 0 radical (unpaired) electrons. The van der Waals surface area contributed by atoms with Crippen LogP contribution in [0.15, 0.2) is 0 Å². The summed E-state index contributed by atoms with van der Waals surface area (Å²) in [6.07, 6.45) is 2.32. The van der Waals surface area contributed by atoms with E-state index in [-0.39, 0.29) is 30.4 Å². The van der Waals surface area contributed by atoms with E-state index >= 15 is 0 Å². The zero-order valence-corrected chi connectivity index (χ0v) is 12.8. The Balaban J connectivity index is 1.94. The van der Waals surface area contributed by atoms with Crippen molar-refractivity contribution in [1.82, 2.24) is 9.80 Å². The molecule has 2 heterocycles. The maximum Gasteiger partial charge on any atom is 0.305 e. The molecule has 0 aromatic carbocycles. The highest BCUT2D eigenvalue weighted by Crippen LogP contribution is 2.17. The minimum atomic E-state index is -3.24. The van der Waals surface area contributed by atoms with Gasteiger partial charge in [-0.2, -0.15) is 0 Å². The fourth-order valence-electron chi connectivity index (χ4n) is 2.99. The van der Waals surface area contributed by atoms with E-state index in [0.717, 1.165) is 25.9 Å². The maximum atomic E-state index is 12.3. The third-order valence-electron chi connectivity index (χ3n) is 4.10. The molecule has 0 aromatic rings. The summed E-state index contributed by atoms with van der Waals surface area (Å²) >= 11 is 0. The zero-order valence-electron chi connectivity index (χ0n) is 12.0. The van der Waals surface area contributed by atoms with Crippen LogP contribution in [0.5, 0.6) is 0 Å². The van der Waals surface area contributed by atoms with Crippen molar-refractivity contribution < 1.29 is 23.1 Å². The predicted molar refractivity (Wildman–Crippen MR) is 76.7 cm³/mol. The molecular formula is C13H22N2O5S. The van der Waals surface area contributed by atoms with Crippen molar-refractivity contribution >= 4 is 21.7 Å². The number of sulfone groups is 1. The molecule has 0 bridgehead atoms. The van der Waals surface area contributed by atoms with E-state index in [9.17, 15) is 18.0 Å². The number of hydrogen-bond donors (Lipinski definition) is 1. The second kappa shape index (κ2) is 6.74. The number of carbonyl (C=O) groups excluding carboxylic acids is 1. The van der Waals surface area contributed by atoms with Gasteiger partial charge >= 0.3 is 5.97 Å². The van der Waals surface area contributed by atoms with Gasteiger partial charge in [0.2, 0.25) is 5.91 Å². The number of amides is 1. The first-order chi connectivity index (χ1) is 9.87. The molecule has 2 aliphatic rings. The van der Waals surface area contributed by atoms with Crippen molar-refractivity contribution in [3.63, 3.8) is 0 Å². The molecule has 1 unspecified atom stereocenters. The molecule has 0 spiro atoms. The summed E-state index contributed by atoms with van der Waals surface area (Å²) < 4.78 is 23.3. The van der Waals surface area contributed by atoms with Crippen molar-refractivity contribution in [2.75, 3.05) is 37.7 Å². The second-order valence-electron chi connectivity index (χ2n) is 5.75. The van der Waals surface area contributed by atoms with Gasteiger partial charge in [-0.3, -0.25) is 9.59 Å². The van der Waals surface area contributed by atoms with Crippen LogP contribution in [0.4, 0.5) is 0 Å². The number of nitrogens with zero attached hydrogens (tertiary/aromatic N) is 2. The molecule has 0 saturated carbocycles. The third-order valence-corrected chi connectivity index (χ3v) is 5.80. The number of carboxylic acids is 1. The van der Waals surface area contributed by atoms with Crippen LogP contribution >= 0.6 is 0 Å². The van der Waals surface area contributed by atoms with Gasteiger partial charge in [0.1, 0.15) is 0 Å². The molecular weight excluding hydrogens is 296 g/mol. The van der Waals surface area contributed by atoms with Crippen LogP contribution in [0.2, 0.25) is 0 Å². The molecule has 1 amide bonds. The molecule has 8 heteroatoms. The molecule has 7 nitrogen and oxygen atoms in total. The third kappa shape index (κ3) is 4.67. The summed E-state index contributed by atoms with van der Waals surface area (Å²) in [7, 11) is -3.24. The molecule has 21 heavy (non-hydrogen) atoms. The summed E-state index contributed by atoms with van der Waals surface area (Å²) in [5.41, 5.74) is 0. The minimum Gasteiger partial charge on any atom is -0.481 e. The van der Waals surface area contributed by atoms with Gasteiger partial charge in [-0.25, -0.2) is 8.42 Å². The summed E-state index contributed by atoms with van der Waals surface area (Å²) in [5, 5.41) is 8.90. The Hall–Kier alpha value is -1.15.